The van der Waals surface area contributed by atoms with Gasteiger partial charge in [0.1, 0.15) is 12.6 Å². The largest absolute Gasteiger partial charge is 0.477 e. The minimum Gasteiger partial charge on any atom is -0.477 e. The molecule has 2 N–H and O–H groups in total. The van der Waals surface area contributed by atoms with E-state index in [0.29, 0.717) is 11.0 Å². The number of hydrogen-bond donors (Lipinski definition) is 2. The molecule has 4 nitrogen and oxygen atoms in total. The lowest BCUT2D eigenvalue weighted by molar-refractivity contribution is -0.886. The normalized spacial score (nSPS) is 14.2. The second-order valence-corrected chi connectivity index (χ2v) is 4.82. The van der Waals surface area contributed by atoms with Gasteiger partial charge in [0, 0.05) is 0 Å². The van der Waals surface area contributed by atoms with Gasteiger partial charge in [-0.1, -0.05) is 12.2 Å². The summed E-state index contributed by atoms with van der Waals surface area (Å²) in [5.74, 6) is -0.828. The third-order valence-electron chi connectivity index (χ3n) is 2.41. The van der Waals surface area contributed by atoms with Gasteiger partial charge in [0.15, 0.2) is 6.54 Å². The molecule has 0 aliphatic carbocycles. The number of hydrogen-bond acceptors (Lipinski definition) is 2. The highest BCUT2D eigenvalue weighted by Gasteiger charge is 2.23. The van der Waals surface area contributed by atoms with Crippen LogP contribution < -0.4 is 0 Å². The molecule has 0 aromatic heterocycles. The maximum atomic E-state index is 10.6. The highest BCUT2D eigenvalue weighted by Crippen LogP contribution is 2.07. The molecule has 0 bridgehead atoms. The van der Waals surface area contributed by atoms with Crippen LogP contribution in [0.4, 0.5) is 0 Å². The van der Waals surface area contributed by atoms with Crippen molar-refractivity contribution in [1.82, 2.24) is 0 Å². The lowest BCUT2D eigenvalue weighted by Crippen LogP contribution is -2.48. The third kappa shape index (κ3) is 8.44. The molecule has 0 radical (unpaired) electrons. The predicted octanol–water partition coefficient (Wildman–Crippen LogP) is 1.25. The number of carboxylic acid groups (broad SMARTS) is 1. The van der Waals surface area contributed by atoms with Crippen LogP contribution in [0.3, 0.4) is 0 Å². The number of unbranched alkanes of at least 4 members (excludes halogenated alkanes) is 1. The van der Waals surface area contributed by atoms with Crippen LogP contribution in [0.25, 0.3) is 0 Å². The van der Waals surface area contributed by atoms with Crippen molar-refractivity contribution in [3.8, 4) is 0 Å². The second-order valence-electron chi connectivity index (χ2n) is 4.82. The summed E-state index contributed by atoms with van der Waals surface area (Å²) in [6.45, 7) is 2.51. The second kappa shape index (κ2) is 7.41. The van der Waals surface area contributed by atoms with Crippen LogP contribution in [0.15, 0.2) is 12.2 Å². The molecule has 0 aromatic rings. The van der Waals surface area contributed by atoms with E-state index in [9.17, 15) is 9.90 Å². The number of aliphatic hydroxyl groups excluding tert-OH is 1. The molecule has 0 aliphatic heterocycles. The van der Waals surface area contributed by atoms with Gasteiger partial charge in [-0.25, -0.2) is 4.79 Å². The maximum absolute atomic E-state index is 10.6. The Bertz CT molecular complexity index is 236. The van der Waals surface area contributed by atoms with Crippen molar-refractivity contribution in [3.63, 3.8) is 0 Å². The van der Waals surface area contributed by atoms with E-state index in [1.807, 2.05) is 27.1 Å². The molecular formula is C12H24NO3+. The molecule has 1 atom stereocenters. The van der Waals surface area contributed by atoms with E-state index >= 15 is 0 Å². The first-order valence-corrected chi connectivity index (χ1v) is 5.70. The summed E-state index contributed by atoms with van der Waals surface area (Å²) in [6, 6.07) is 0. The van der Waals surface area contributed by atoms with Gasteiger partial charge in [-0.3, -0.25) is 0 Å². The number of likely N-dealkylation sites (N-methyl/N-ethyl adjacent to an activating group) is 1. The monoisotopic (exact) mass is 230 g/mol. The highest BCUT2D eigenvalue weighted by atomic mass is 16.4. The number of aliphatic carboxylic acids is 1. The van der Waals surface area contributed by atoms with Crippen molar-refractivity contribution in [2.45, 2.75) is 32.3 Å². The van der Waals surface area contributed by atoms with Crippen LogP contribution in [0.2, 0.25) is 0 Å². The Morgan fingerprint density at radius 2 is 2.06 bits per heavy atom. The smallest absolute Gasteiger partial charge is 0.359 e. The SMILES string of the molecule is C/C=C/CCCC(O)C[N+](C)(C)CC(=O)O. The number of aliphatic hydroxyl groups is 1. The number of carboxylic acids is 1. The Morgan fingerprint density at radius 1 is 1.44 bits per heavy atom. The molecular weight excluding hydrogens is 206 g/mol. The van der Waals surface area contributed by atoms with Gasteiger partial charge in [0.2, 0.25) is 0 Å². The van der Waals surface area contributed by atoms with E-state index in [1.54, 1.807) is 0 Å². The van der Waals surface area contributed by atoms with Crippen molar-refractivity contribution in [2.24, 2.45) is 0 Å². The van der Waals surface area contributed by atoms with E-state index < -0.39 is 12.1 Å². The average molecular weight is 230 g/mol. The Labute approximate surface area is 97.8 Å². The molecule has 0 aliphatic rings. The number of nitrogens with zero attached hydrogens (tertiary/aromatic N) is 1. The minimum atomic E-state index is -0.828. The molecule has 4 heteroatoms. The molecule has 16 heavy (non-hydrogen) atoms. The number of rotatable bonds is 8. The molecule has 94 valence electrons. The predicted molar refractivity (Wildman–Crippen MR) is 64.2 cm³/mol. The average Bonchev–Trinajstić information content (AvgIpc) is 2.09. The topological polar surface area (TPSA) is 57.5 Å². The fraction of sp³-hybridized carbons (Fsp3) is 0.750. The molecule has 1 unspecified atom stereocenters. The van der Waals surface area contributed by atoms with Crippen molar-refractivity contribution >= 4 is 5.97 Å². The Hall–Kier alpha value is -0.870. The quantitative estimate of drug-likeness (QED) is 0.375. The van der Waals surface area contributed by atoms with E-state index in [-0.39, 0.29) is 6.54 Å². The van der Waals surface area contributed by atoms with Gasteiger partial charge >= 0.3 is 5.97 Å². The summed E-state index contributed by atoms with van der Waals surface area (Å²) >= 11 is 0. The van der Waals surface area contributed by atoms with Crippen LogP contribution in [0.5, 0.6) is 0 Å². The summed E-state index contributed by atoms with van der Waals surface area (Å²) in [6.07, 6.45) is 6.30. The zero-order valence-electron chi connectivity index (χ0n) is 10.5. The third-order valence-corrected chi connectivity index (χ3v) is 2.41. The van der Waals surface area contributed by atoms with Gasteiger partial charge in [-0.15, -0.1) is 0 Å². The van der Waals surface area contributed by atoms with E-state index in [1.165, 1.54) is 0 Å². The van der Waals surface area contributed by atoms with Crippen LogP contribution in [0, 0.1) is 0 Å². The molecule has 0 saturated heterocycles. The van der Waals surface area contributed by atoms with Gasteiger partial charge in [0.25, 0.3) is 0 Å². The van der Waals surface area contributed by atoms with Crippen LogP contribution >= 0.6 is 0 Å². The number of carbonyl (C=O) groups is 1. The van der Waals surface area contributed by atoms with Crippen molar-refractivity contribution < 1.29 is 19.5 Å². The van der Waals surface area contributed by atoms with Crippen LogP contribution in [-0.4, -0.2) is 54.0 Å². The summed E-state index contributed by atoms with van der Waals surface area (Å²) < 4.78 is 0.320. The van der Waals surface area contributed by atoms with E-state index in [4.69, 9.17) is 5.11 Å². The van der Waals surface area contributed by atoms with Crippen molar-refractivity contribution in [2.75, 3.05) is 27.2 Å². The Kier molecular flexibility index (Phi) is 7.01. The number of quaternary nitrogens is 1. The van der Waals surface area contributed by atoms with E-state index in [2.05, 4.69) is 6.08 Å². The summed E-state index contributed by atoms with van der Waals surface area (Å²) in [7, 11) is 3.65. The van der Waals surface area contributed by atoms with Crippen LogP contribution in [0.1, 0.15) is 26.2 Å². The molecule has 0 spiro atoms. The van der Waals surface area contributed by atoms with Crippen LogP contribution in [-0.2, 0) is 4.79 Å². The maximum Gasteiger partial charge on any atom is 0.359 e. The van der Waals surface area contributed by atoms with Gasteiger partial charge < -0.3 is 14.7 Å². The standard InChI is InChI=1S/C12H23NO3/c1-4-5-6-7-8-11(14)9-13(2,3)10-12(15)16/h4-5,11,14H,6-10H2,1-3H3/p+1/b5-4+. The number of allylic oxidation sites excluding steroid dienone is 2. The molecule has 0 rings (SSSR count). The summed E-state index contributed by atoms with van der Waals surface area (Å²) in [4.78, 5) is 10.6. The summed E-state index contributed by atoms with van der Waals surface area (Å²) in [5.41, 5.74) is 0. The van der Waals surface area contributed by atoms with Gasteiger partial charge in [-0.05, 0) is 26.2 Å². The molecule has 0 aromatic carbocycles. The first-order valence-electron chi connectivity index (χ1n) is 5.70. The fourth-order valence-corrected chi connectivity index (χ4v) is 1.73. The Morgan fingerprint density at radius 3 is 2.56 bits per heavy atom. The first kappa shape index (κ1) is 15.1. The highest BCUT2D eigenvalue weighted by molar-refractivity contribution is 5.67. The fourth-order valence-electron chi connectivity index (χ4n) is 1.73. The van der Waals surface area contributed by atoms with Gasteiger partial charge in [-0.2, -0.15) is 0 Å². The molecule has 0 saturated carbocycles. The Balaban J connectivity index is 3.84. The van der Waals surface area contributed by atoms with E-state index in [0.717, 1.165) is 19.3 Å². The lowest BCUT2D eigenvalue weighted by Gasteiger charge is -2.29. The minimum absolute atomic E-state index is 0.0475. The zero-order chi connectivity index (χ0) is 12.6. The van der Waals surface area contributed by atoms with Crippen molar-refractivity contribution in [3.05, 3.63) is 12.2 Å². The summed E-state index contributed by atoms with van der Waals surface area (Å²) in [5, 5.41) is 18.5. The molecule has 0 heterocycles. The van der Waals surface area contributed by atoms with Crippen molar-refractivity contribution in [1.29, 1.82) is 0 Å². The molecule has 0 amide bonds. The molecule has 0 fully saturated rings. The zero-order valence-corrected chi connectivity index (χ0v) is 10.5. The lowest BCUT2D eigenvalue weighted by atomic mass is 10.1. The first-order chi connectivity index (χ1) is 7.37. The van der Waals surface area contributed by atoms with Gasteiger partial charge in [0.05, 0.1) is 14.1 Å².